The number of rotatable bonds is 4. The van der Waals surface area contributed by atoms with Crippen molar-refractivity contribution in [2.45, 2.75) is 0 Å². The summed E-state index contributed by atoms with van der Waals surface area (Å²) in [7, 11) is 1.36. The number of ether oxygens (including phenoxy) is 3. The minimum absolute atomic E-state index is 0.0157. The van der Waals surface area contributed by atoms with Crippen LogP contribution < -0.4 is 10.1 Å². The Labute approximate surface area is 114 Å². The van der Waals surface area contributed by atoms with Gasteiger partial charge in [-0.05, 0) is 12.1 Å². The topological polar surface area (TPSA) is 94.1 Å². The summed E-state index contributed by atoms with van der Waals surface area (Å²) in [6.07, 6.45) is 1.24. The fraction of sp³-hybridized carbons (Fsp3) is 0.231. The zero-order valence-corrected chi connectivity index (χ0v) is 10.7. The fourth-order valence-electron chi connectivity index (χ4n) is 1.63. The van der Waals surface area contributed by atoms with E-state index in [0.717, 1.165) is 0 Å². The van der Waals surface area contributed by atoms with Crippen molar-refractivity contribution in [2.75, 3.05) is 25.6 Å². The molecule has 1 aliphatic rings. The molecule has 1 heterocycles. The maximum atomic E-state index is 11.8. The Morgan fingerprint density at radius 2 is 2.15 bits per heavy atom. The second-order valence-electron chi connectivity index (χ2n) is 3.88. The summed E-state index contributed by atoms with van der Waals surface area (Å²) in [6.45, 7) is 0.707. The minimum Gasteiger partial charge on any atom is -0.496 e. The molecular weight excluding hydrogens is 266 g/mol. The number of carbonyl (C=O) groups excluding carboxylic acids is 1. The van der Waals surface area contributed by atoms with E-state index in [1.807, 2.05) is 0 Å². The molecule has 2 N–H and O–H groups in total. The highest BCUT2D eigenvalue weighted by Crippen LogP contribution is 2.23. The molecule has 0 spiro atoms. The normalized spacial score (nSPS) is 13.6. The maximum absolute atomic E-state index is 11.8. The first-order valence-corrected chi connectivity index (χ1v) is 5.79. The second kappa shape index (κ2) is 5.96. The molecule has 0 saturated carbocycles. The predicted molar refractivity (Wildman–Crippen MR) is 68.6 cm³/mol. The Bertz CT molecular complexity index is 566. The number of carboxylic acid groups (broad SMARTS) is 1. The van der Waals surface area contributed by atoms with Crippen LogP contribution in [0.3, 0.4) is 0 Å². The van der Waals surface area contributed by atoms with Crippen LogP contribution in [0.2, 0.25) is 0 Å². The van der Waals surface area contributed by atoms with E-state index in [2.05, 4.69) is 5.32 Å². The van der Waals surface area contributed by atoms with Gasteiger partial charge in [-0.15, -0.1) is 0 Å². The number of hydrogen-bond acceptors (Lipinski definition) is 5. The van der Waals surface area contributed by atoms with Gasteiger partial charge in [0, 0.05) is 11.8 Å². The highest BCUT2D eigenvalue weighted by atomic mass is 16.6. The van der Waals surface area contributed by atoms with Gasteiger partial charge in [0.2, 0.25) is 5.76 Å². The van der Waals surface area contributed by atoms with Crippen molar-refractivity contribution >= 4 is 17.6 Å². The molecule has 2 rings (SSSR count). The van der Waals surface area contributed by atoms with Crippen molar-refractivity contribution in [1.29, 1.82) is 0 Å². The number of carbonyl (C=O) groups is 2. The third-order valence-electron chi connectivity index (χ3n) is 2.56. The molecule has 1 aromatic carbocycles. The van der Waals surface area contributed by atoms with E-state index >= 15 is 0 Å². The smallest absolute Gasteiger partial charge is 0.339 e. The zero-order valence-electron chi connectivity index (χ0n) is 10.7. The number of nitrogens with one attached hydrogen (secondary N) is 1. The van der Waals surface area contributed by atoms with Crippen LogP contribution in [0.1, 0.15) is 10.4 Å². The van der Waals surface area contributed by atoms with Gasteiger partial charge in [-0.2, -0.15) is 0 Å². The van der Waals surface area contributed by atoms with Crippen LogP contribution in [0.4, 0.5) is 5.69 Å². The maximum Gasteiger partial charge on any atom is 0.339 e. The largest absolute Gasteiger partial charge is 0.496 e. The Balaban J connectivity index is 2.15. The first-order valence-electron chi connectivity index (χ1n) is 5.79. The number of aromatic carboxylic acids is 1. The van der Waals surface area contributed by atoms with Crippen molar-refractivity contribution in [1.82, 2.24) is 0 Å². The van der Waals surface area contributed by atoms with Gasteiger partial charge < -0.3 is 24.6 Å². The van der Waals surface area contributed by atoms with E-state index in [9.17, 15) is 9.59 Å². The Hall–Kier alpha value is -2.70. The summed E-state index contributed by atoms with van der Waals surface area (Å²) in [5, 5.41) is 11.5. The highest BCUT2D eigenvalue weighted by Gasteiger charge is 2.17. The number of anilines is 1. The van der Waals surface area contributed by atoms with Crippen LogP contribution in [-0.2, 0) is 14.3 Å². The Morgan fingerprint density at radius 3 is 2.75 bits per heavy atom. The Kier molecular flexibility index (Phi) is 4.09. The minimum atomic E-state index is -1.11. The molecule has 0 fully saturated rings. The lowest BCUT2D eigenvalue weighted by molar-refractivity contribution is -0.117. The quantitative estimate of drug-likeness (QED) is 0.860. The van der Waals surface area contributed by atoms with Crippen molar-refractivity contribution in [2.24, 2.45) is 0 Å². The molecule has 7 heteroatoms. The van der Waals surface area contributed by atoms with Gasteiger partial charge in [-0.1, -0.05) is 0 Å². The third-order valence-corrected chi connectivity index (χ3v) is 2.56. The van der Waals surface area contributed by atoms with E-state index in [-0.39, 0.29) is 17.1 Å². The van der Waals surface area contributed by atoms with Crippen molar-refractivity contribution in [3.63, 3.8) is 0 Å². The van der Waals surface area contributed by atoms with Crippen LogP contribution in [0.5, 0.6) is 5.75 Å². The lowest BCUT2D eigenvalue weighted by Crippen LogP contribution is -2.21. The average Bonchev–Trinajstić information content (AvgIpc) is 2.47. The molecular formula is C13H13NO6. The number of hydrogen-bond donors (Lipinski definition) is 2. The van der Waals surface area contributed by atoms with Gasteiger partial charge in [0.1, 0.15) is 30.8 Å². The van der Waals surface area contributed by atoms with E-state index < -0.39 is 11.9 Å². The molecule has 106 valence electrons. The molecule has 0 saturated heterocycles. The molecule has 1 aliphatic heterocycles. The monoisotopic (exact) mass is 279 g/mol. The summed E-state index contributed by atoms with van der Waals surface area (Å²) in [5.74, 6) is -1.36. The van der Waals surface area contributed by atoms with Gasteiger partial charge in [0.25, 0.3) is 5.91 Å². The van der Waals surface area contributed by atoms with Gasteiger partial charge in [0.05, 0.1) is 7.11 Å². The number of methoxy groups -OCH3 is 1. The molecule has 0 radical (unpaired) electrons. The molecule has 1 amide bonds. The lowest BCUT2D eigenvalue weighted by Gasteiger charge is -2.15. The molecule has 7 nitrogen and oxygen atoms in total. The van der Waals surface area contributed by atoms with Gasteiger partial charge in [0.15, 0.2) is 0 Å². The predicted octanol–water partition coefficient (Wildman–Crippen LogP) is 1.22. The van der Waals surface area contributed by atoms with Gasteiger partial charge in [-0.3, -0.25) is 4.79 Å². The summed E-state index contributed by atoms with van der Waals surface area (Å²) in [5.41, 5.74) is 0.411. The molecule has 0 aliphatic carbocycles. The highest BCUT2D eigenvalue weighted by molar-refractivity contribution is 6.02. The SMILES string of the molecule is COc1cc(NC(=O)C2=COCCO2)ccc1C(=O)O. The summed E-state index contributed by atoms with van der Waals surface area (Å²) >= 11 is 0. The zero-order chi connectivity index (χ0) is 14.5. The van der Waals surface area contributed by atoms with Crippen LogP contribution in [-0.4, -0.2) is 37.3 Å². The summed E-state index contributed by atoms with van der Waals surface area (Å²) in [4.78, 5) is 22.8. The van der Waals surface area contributed by atoms with Crippen LogP contribution >= 0.6 is 0 Å². The van der Waals surface area contributed by atoms with Gasteiger partial charge in [-0.25, -0.2) is 4.79 Å². The van der Waals surface area contributed by atoms with Crippen LogP contribution in [0.25, 0.3) is 0 Å². The first kappa shape index (κ1) is 13.7. The lowest BCUT2D eigenvalue weighted by atomic mass is 10.2. The van der Waals surface area contributed by atoms with Crippen molar-refractivity contribution in [3.8, 4) is 5.75 Å². The molecule has 1 aromatic rings. The second-order valence-corrected chi connectivity index (χ2v) is 3.88. The van der Waals surface area contributed by atoms with Crippen LogP contribution in [0.15, 0.2) is 30.2 Å². The van der Waals surface area contributed by atoms with Crippen molar-refractivity contribution < 1.29 is 28.9 Å². The van der Waals surface area contributed by atoms with E-state index in [1.54, 1.807) is 0 Å². The molecule has 0 atom stereocenters. The Morgan fingerprint density at radius 1 is 1.35 bits per heavy atom. The molecule has 20 heavy (non-hydrogen) atoms. The summed E-state index contributed by atoms with van der Waals surface area (Å²) < 4.78 is 15.1. The van der Waals surface area contributed by atoms with Crippen LogP contribution in [0, 0.1) is 0 Å². The molecule has 0 bridgehead atoms. The van der Waals surface area contributed by atoms with E-state index in [0.29, 0.717) is 18.9 Å². The van der Waals surface area contributed by atoms with Gasteiger partial charge >= 0.3 is 5.97 Å². The summed E-state index contributed by atoms with van der Waals surface area (Å²) in [6, 6.07) is 4.24. The van der Waals surface area contributed by atoms with E-state index in [4.69, 9.17) is 19.3 Å². The number of carboxylic acids is 1. The first-order chi connectivity index (χ1) is 9.61. The van der Waals surface area contributed by atoms with Crippen molar-refractivity contribution in [3.05, 3.63) is 35.8 Å². The molecule has 0 unspecified atom stereocenters. The number of benzene rings is 1. The average molecular weight is 279 g/mol. The number of amides is 1. The third kappa shape index (κ3) is 3.00. The standard InChI is InChI=1S/C13H13NO6/c1-18-10-6-8(2-3-9(10)13(16)17)14-12(15)11-7-19-4-5-20-11/h2-3,6-7H,4-5H2,1H3,(H,14,15)(H,16,17). The molecule has 0 aromatic heterocycles. The fourth-order valence-corrected chi connectivity index (χ4v) is 1.63. The van der Waals surface area contributed by atoms with E-state index in [1.165, 1.54) is 31.6 Å².